The lowest BCUT2D eigenvalue weighted by Crippen LogP contribution is -2.15. The molecule has 0 aliphatic rings. The van der Waals surface area contributed by atoms with Crippen LogP contribution in [0.15, 0.2) is 0 Å². The topological polar surface area (TPSA) is 34.1 Å². The molecule has 0 amide bonds. The van der Waals surface area contributed by atoms with Crippen LogP contribution in [0.3, 0.4) is 0 Å². The molecule has 0 atom stereocenters. The Bertz CT molecular complexity index is 179. The molecule has 0 aliphatic carbocycles. The summed E-state index contributed by atoms with van der Waals surface area (Å²) in [7, 11) is 0. The van der Waals surface area contributed by atoms with E-state index in [1.807, 2.05) is 34.6 Å². The monoisotopic (exact) mass is 214 g/mol. The van der Waals surface area contributed by atoms with Crippen LogP contribution in [0.5, 0.6) is 0 Å². The second kappa shape index (κ2) is 8.63. The van der Waals surface area contributed by atoms with Gasteiger partial charge in [-0.3, -0.25) is 9.59 Å². The molecule has 0 aliphatic heterocycles. The van der Waals surface area contributed by atoms with Gasteiger partial charge in [-0.25, -0.2) is 0 Å². The van der Waals surface area contributed by atoms with Gasteiger partial charge in [0.25, 0.3) is 0 Å². The summed E-state index contributed by atoms with van der Waals surface area (Å²) >= 11 is 0. The van der Waals surface area contributed by atoms with Crippen LogP contribution in [-0.4, -0.2) is 11.6 Å². The minimum Gasteiger partial charge on any atom is -0.300 e. The molecule has 0 radical (unpaired) electrons. The summed E-state index contributed by atoms with van der Waals surface area (Å²) in [5.74, 6) is 0.655. The third-order valence-corrected chi connectivity index (χ3v) is 2.11. The molecule has 0 N–H and O–H groups in total. The van der Waals surface area contributed by atoms with Crippen molar-refractivity contribution >= 4 is 11.6 Å². The van der Waals surface area contributed by atoms with Crippen molar-refractivity contribution in [3.63, 3.8) is 0 Å². The van der Waals surface area contributed by atoms with Crippen LogP contribution < -0.4 is 0 Å². The molecule has 0 spiro atoms. The van der Waals surface area contributed by atoms with Gasteiger partial charge in [0.05, 0.1) is 0 Å². The molecule has 0 saturated heterocycles. The Balaban J connectivity index is 0. The minimum atomic E-state index is -0.139. The number of hydrogen-bond acceptors (Lipinski definition) is 2. The smallest absolute Gasteiger partial charge is 0.135 e. The summed E-state index contributed by atoms with van der Waals surface area (Å²) in [6, 6.07) is 0. The van der Waals surface area contributed by atoms with E-state index in [9.17, 15) is 9.59 Å². The first-order valence-electron chi connectivity index (χ1n) is 5.78. The zero-order valence-corrected chi connectivity index (χ0v) is 11.1. The predicted octanol–water partition coefficient (Wildman–Crippen LogP) is 3.78. The molecule has 0 heterocycles. The molecule has 0 saturated carbocycles. The zero-order chi connectivity index (χ0) is 12.5. The van der Waals surface area contributed by atoms with Gasteiger partial charge in [-0.2, -0.15) is 0 Å². The lowest BCUT2D eigenvalue weighted by atomic mass is 9.92. The van der Waals surface area contributed by atoms with Crippen LogP contribution in [0.1, 0.15) is 67.2 Å². The average Bonchev–Trinajstić information content (AvgIpc) is 2.04. The molecule has 0 aromatic rings. The Hall–Kier alpha value is -0.660. The molecular formula is C13H26O2. The fourth-order valence-corrected chi connectivity index (χ4v) is 0.683. The molecule has 0 bridgehead atoms. The Morgan fingerprint density at radius 1 is 0.933 bits per heavy atom. The highest BCUT2D eigenvalue weighted by Gasteiger charge is 2.14. The molecule has 0 rings (SSSR count). The molecule has 0 aromatic carbocycles. The zero-order valence-electron chi connectivity index (χ0n) is 11.1. The second-order valence-electron chi connectivity index (χ2n) is 4.84. The van der Waals surface area contributed by atoms with E-state index in [1.165, 1.54) is 0 Å². The number of hydrogen-bond donors (Lipinski definition) is 0. The van der Waals surface area contributed by atoms with Crippen LogP contribution in [0, 0.1) is 5.41 Å². The first kappa shape index (κ1) is 16.8. The number of Topliss-reactive ketones (excluding diaryl/α,β-unsaturated/α-hetero) is 2. The minimum absolute atomic E-state index is 0.139. The highest BCUT2D eigenvalue weighted by molar-refractivity contribution is 5.80. The quantitative estimate of drug-likeness (QED) is 0.713. The maximum absolute atomic E-state index is 10.6. The Kier molecular flexibility index (Phi) is 9.64. The normalized spacial score (nSPS) is 10.3. The van der Waals surface area contributed by atoms with E-state index in [4.69, 9.17) is 0 Å². The van der Waals surface area contributed by atoms with Crippen LogP contribution in [0.25, 0.3) is 0 Å². The average molecular weight is 214 g/mol. The molecule has 2 nitrogen and oxygen atoms in total. The largest absolute Gasteiger partial charge is 0.300 e. The number of ketones is 2. The summed E-state index contributed by atoms with van der Waals surface area (Å²) in [5, 5.41) is 0. The van der Waals surface area contributed by atoms with Gasteiger partial charge in [-0.05, 0) is 19.8 Å². The van der Waals surface area contributed by atoms with E-state index in [1.54, 1.807) is 6.92 Å². The Morgan fingerprint density at radius 3 is 1.33 bits per heavy atom. The van der Waals surface area contributed by atoms with Crippen molar-refractivity contribution in [2.45, 2.75) is 67.2 Å². The summed E-state index contributed by atoms with van der Waals surface area (Å²) < 4.78 is 0. The van der Waals surface area contributed by atoms with Crippen molar-refractivity contribution in [3.8, 4) is 0 Å². The highest BCUT2D eigenvalue weighted by Crippen LogP contribution is 2.12. The first-order chi connectivity index (χ1) is 6.75. The molecule has 0 aromatic heterocycles. The van der Waals surface area contributed by atoms with Gasteiger partial charge >= 0.3 is 0 Å². The lowest BCUT2D eigenvalue weighted by Gasteiger charge is -2.11. The molecule has 0 unspecified atom stereocenters. The lowest BCUT2D eigenvalue weighted by molar-refractivity contribution is -0.124. The molecule has 2 heteroatoms. The van der Waals surface area contributed by atoms with E-state index in [0.29, 0.717) is 5.78 Å². The maximum Gasteiger partial charge on any atom is 0.135 e. The fourth-order valence-electron chi connectivity index (χ4n) is 0.683. The van der Waals surface area contributed by atoms with Gasteiger partial charge in [0.2, 0.25) is 0 Å². The van der Waals surface area contributed by atoms with E-state index in [-0.39, 0.29) is 11.2 Å². The molecule has 90 valence electrons. The van der Waals surface area contributed by atoms with E-state index in [2.05, 4.69) is 0 Å². The SMILES string of the molecule is CC(=O)C(C)(C)C.CCCC(=O)CCC. The third kappa shape index (κ3) is 13.3. The Morgan fingerprint density at radius 2 is 1.20 bits per heavy atom. The second-order valence-corrected chi connectivity index (χ2v) is 4.84. The van der Waals surface area contributed by atoms with Crippen molar-refractivity contribution in [2.24, 2.45) is 5.41 Å². The van der Waals surface area contributed by atoms with Crippen molar-refractivity contribution < 1.29 is 9.59 Å². The maximum atomic E-state index is 10.6. The number of carbonyl (C=O) groups excluding carboxylic acids is 2. The molecule has 15 heavy (non-hydrogen) atoms. The summed E-state index contributed by atoms with van der Waals surface area (Å²) in [6.07, 6.45) is 3.54. The van der Waals surface area contributed by atoms with Gasteiger partial charge in [-0.1, -0.05) is 34.6 Å². The number of carbonyl (C=O) groups is 2. The van der Waals surface area contributed by atoms with Crippen molar-refractivity contribution in [1.29, 1.82) is 0 Å². The van der Waals surface area contributed by atoms with Crippen LogP contribution in [0.4, 0.5) is 0 Å². The van der Waals surface area contributed by atoms with Crippen molar-refractivity contribution in [1.82, 2.24) is 0 Å². The third-order valence-electron chi connectivity index (χ3n) is 2.11. The molecule has 0 fully saturated rings. The van der Waals surface area contributed by atoms with Gasteiger partial charge in [0, 0.05) is 18.3 Å². The van der Waals surface area contributed by atoms with Crippen molar-refractivity contribution in [3.05, 3.63) is 0 Å². The molecular weight excluding hydrogens is 188 g/mol. The summed E-state index contributed by atoms with van der Waals surface area (Å²) in [6.45, 7) is 11.4. The predicted molar refractivity (Wildman–Crippen MR) is 65.0 cm³/mol. The van der Waals surface area contributed by atoms with Gasteiger partial charge in [-0.15, -0.1) is 0 Å². The van der Waals surface area contributed by atoms with Crippen LogP contribution >= 0.6 is 0 Å². The van der Waals surface area contributed by atoms with Crippen LogP contribution in [-0.2, 0) is 9.59 Å². The fraction of sp³-hybridized carbons (Fsp3) is 0.846. The van der Waals surface area contributed by atoms with E-state index >= 15 is 0 Å². The summed E-state index contributed by atoms with van der Waals surface area (Å²) in [5.41, 5.74) is -0.139. The van der Waals surface area contributed by atoms with Gasteiger partial charge < -0.3 is 0 Å². The highest BCUT2D eigenvalue weighted by atomic mass is 16.1. The number of rotatable bonds is 4. The summed E-state index contributed by atoms with van der Waals surface area (Å²) in [4.78, 5) is 21.1. The first-order valence-corrected chi connectivity index (χ1v) is 5.78. The Labute approximate surface area is 94.4 Å². The van der Waals surface area contributed by atoms with Crippen molar-refractivity contribution in [2.75, 3.05) is 0 Å². The standard InChI is InChI=1S/C7H14O.C6H12O/c1-3-5-7(8)6-4-2;1-5(7)6(2,3)4/h3-6H2,1-2H3;1-4H3. The van der Waals surface area contributed by atoms with E-state index in [0.717, 1.165) is 25.7 Å². The van der Waals surface area contributed by atoms with Gasteiger partial charge in [0.1, 0.15) is 11.6 Å². The van der Waals surface area contributed by atoms with Crippen LogP contribution in [0.2, 0.25) is 0 Å². The van der Waals surface area contributed by atoms with E-state index < -0.39 is 0 Å². The van der Waals surface area contributed by atoms with Gasteiger partial charge in [0.15, 0.2) is 0 Å².